The van der Waals surface area contributed by atoms with Crippen LogP contribution >= 0.6 is 0 Å². The van der Waals surface area contributed by atoms with E-state index in [0.717, 1.165) is 17.7 Å². The molecular formula is C51H58F3N5O14. The molecule has 0 saturated carbocycles. The van der Waals surface area contributed by atoms with Crippen molar-refractivity contribution in [2.45, 2.75) is 78.5 Å². The van der Waals surface area contributed by atoms with Crippen LogP contribution in [0.25, 0.3) is 0 Å². The van der Waals surface area contributed by atoms with Gasteiger partial charge in [-0.05, 0) is 43.5 Å². The highest BCUT2D eigenvalue weighted by Gasteiger charge is 2.42. The number of methoxy groups -OCH3 is 1. The number of ether oxygens (including phenoxy) is 6. The molecule has 5 atom stereocenters. The number of alkyl halides is 3. The highest BCUT2D eigenvalue weighted by atomic mass is 19.4. The molecule has 1 saturated heterocycles. The number of likely N-dealkylation sites (N-methyl/N-ethyl adjacent to an activating group) is 1. The molecule has 73 heavy (non-hydrogen) atoms. The molecule has 2 N–H and O–H groups in total. The predicted molar refractivity (Wildman–Crippen MR) is 256 cm³/mol. The first-order valence-electron chi connectivity index (χ1n) is 22.7. The number of nitrogens with zero attached hydrogens (tertiary/aromatic N) is 3. The molecule has 2 heterocycles. The van der Waals surface area contributed by atoms with E-state index in [1.54, 1.807) is 71.0 Å². The molecule has 22 heteroatoms. The molecule has 0 spiro atoms. The number of benzene rings is 3. The highest BCUT2D eigenvalue weighted by Crippen LogP contribution is 2.32. The van der Waals surface area contributed by atoms with E-state index in [4.69, 9.17) is 38.1 Å². The number of esters is 4. The number of oxime groups is 2. The molecule has 5 rings (SSSR count). The Morgan fingerprint density at radius 2 is 1.58 bits per heavy atom. The van der Waals surface area contributed by atoms with E-state index in [1.165, 1.54) is 58.8 Å². The fraction of sp³-hybridized carbons (Fsp3) is 0.392. The average Bonchev–Trinajstić information content (AvgIpc) is 3.40. The summed E-state index contributed by atoms with van der Waals surface area (Å²) in [5.41, 5.74) is 1.07. The molecule has 392 valence electrons. The largest absolute Gasteiger partial charge is 0.493 e. The van der Waals surface area contributed by atoms with Crippen molar-refractivity contribution in [3.63, 3.8) is 0 Å². The van der Waals surface area contributed by atoms with Crippen molar-refractivity contribution in [1.29, 1.82) is 0 Å². The second-order valence-corrected chi connectivity index (χ2v) is 16.6. The Kier molecular flexibility index (Phi) is 21.7. The zero-order valence-corrected chi connectivity index (χ0v) is 41.6. The first kappa shape index (κ1) is 57.5. The molecule has 1 aromatic heterocycles. The summed E-state index contributed by atoms with van der Waals surface area (Å²) in [4.78, 5) is 90.6. The zero-order valence-electron chi connectivity index (χ0n) is 41.6. The molecule has 1 aliphatic heterocycles. The van der Waals surface area contributed by atoms with Crippen molar-refractivity contribution in [2.24, 2.45) is 28.1 Å². The lowest BCUT2D eigenvalue weighted by molar-refractivity contribution is -0.176. The smallest absolute Gasteiger partial charge is 0.416 e. The maximum Gasteiger partial charge on any atom is 0.416 e. The maximum absolute atomic E-state index is 13.4. The van der Waals surface area contributed by atoms with Gasteiger partial charge in [-0.15, -0.1) is 0 Å². The van der Waals surface area contributed by atoms with Gasteiger partial charge in [-0.3, -0.25) is 24.0 Å². The van der Waals surface area contributed by atoms with Crippen LogP contribution in [0.3, 0.4) is 0 Å². The summed E-state index contributed by atoms with van der Waals surface area (Å²) in [6, 6.07) is 20.7. The van der Waals surface area contributed by atoms with Crippen LogP contribution in [0.5, 0.6) is 11.5 Å². The van der Waals surface area contributed by atoms with Gasteiger partial charge in [0.05, 0.1) is 30.7 Å². The lowest BCUT2D eigenvalue weighted by atomic mass is 9.91. The van der Waals surface area contributed by atoms with Crippen LogP contribution in [-0.2, 0) is 65.2 Å². The summed E-state index contributed by atoms with van der Waals surface area (Å²) in [5.74, 6) is -6.06. The normalized spacial score (nSPS) is 17.5. The Labute approximate surface area is 419 Å². The first-order chi connectivity index (χ1) is 34.7. The van der Waals surface area contributed by atoms with Gasteiger partial charge in [-0.25, -0.2) is 9.78 Å². The molecule has 0 bridgehead atoms. The van der Waals surface area contributed by atoms with Crippen LogP contribution in [0.4, 0.5) is 13.2 Å². The third-order valence-electron chi connectivity index (χ3n) is 10.6. The predicted octanol–water partition coefficient (Wildman–Crippen LogP) is 6.55. The van der Waals surface area contributed by atoms with Crippen molar-refractivity contribution in [2.75, 3.05) is 34.7 Å². The molecule has 1 fully saturated rings. The second kappa shape index (κ2) is 27.5. The first-order valence-corrected chi connectivity index (χ1v) is 22.7. The van der Waals surface area contributed by atoms with Crippen LogP contribution in [0.1, 0.15) is 86.0 Å². The van der Waals surface area contributed by atoms with E-state index in [2.05, 4.69) is 25.9 Å². The number of aromatic nitrogens is 1. The molecule has 0 radical (unpaired) electrons. The number of cyclic esters (lactones) is 2. The summed E-state index contributed by atoms with van der Waals surface area (Å²) in [6.07, 6.45) is -4.61. The highest BCUT2D eigenvalue weighted by molar-refractivity contribution is 6.46. The average molecular weight is 1020 g/mol. The zero-order chi connectivity index (χ0) is 53.8. The Morgan fingerprint density at radius 1 is 0.890 bits per heavy atom. The second-order valence-electron chi connectivity index (χ2n) is 16.6. The Bertz CT molecular complexity index is 2590. The molecule has 3 aromatic carbocycles. The molecule has 2 amide bonds. The van der Waals surface area contributed by atoms with Gasteiger partial charge >= 0.3 is 30.1 Å². The summed E-state index contributed by atoms with van der Waals surface area (Å²) in [6.45, 7) is 8.57. The fourth-order valence-electron chi connectivity index (χ4n) is 6.64. The standard InChI is InChI=1S/C31H38N2O11.C20H20F3N3O3/c1-17(2)28(35)42-16-41-26-23(39-6)12-13-32-24(26)27(34)33-22-15-40-30(37)21(14-20-10-8-7-9-11-20)25(19(5)43-31(22)38)44-29(36)18(3)4;1-13(14-8-6-9-16(11-14)20(21,22)23)29-25-12-15-7-4-5-10-17(15)18(26-28-3)19(27)24-2/h7-13,17-19,21-22,25H,14-16H2,1-6H3,(H,33,34);4-13H,1-3H3,(H,24,27)/t19-,21+,22-,25-;/m0./s1. The third kappa shape index (κ3) is 16.8. The van der Waals surface area contributed by atoms with E-state index in [-0.39, 0.29) is 29.3 Å². The van der Waals surface area contributed by atoms with Crippen molar-refractivity contribution in [1.82, 2.24) is 15.6 Å². The van der Waals surface area contributed by atoms with Crippen LogP contribution in [-0.4, -0.2) is 106 Å². The minimum Gasteiger partial charge on any atom is -0.493 e. The summed E-state index contributed by atoms with van der Waals surface area (Å²) < 4.78 is 71.2. The number of nitrogens with one attached hydrogen (secondary N) is 2. The number of carbonyl (C=O) groups excluding carboxylic acids is 6. The van der Waals surface area contributed by atoms with Gasteiger partial charge in [-0.1, -0.05) is 105 Å². The molecule has 1 aliphatic rings. The van der Waals surface area contributed by atoms with Gasteiger partial charge < -0.3 is 48.7 Å². The SMILES string of the molecule is CNC(=O)C(=NOC)c1ccccc1C=NOC(C)c1cccc(C(F)(F)F)c1.COc1ccnc(C(=O)N[C@H]2COC(=O)[C@H](Cc3ccccc3)[C@@H](OC(=O)C(C)C)[C@H](C)OC2=O)c1OCOC(=O)C(C)C. The number of rotatable bonds is 18. The van der Waals surface area contributed by atoms with Gasteiger partial charge in [0.1, 0.15) is 31.8 Å². The van der Waals surface area contributed by atoms with E-state index in [1.807, 2.05) is 18.2 Å². The van der Waals surface area contributed by atoms with Crippen molar-refractivity contribution in [3.05, 3.63) is 125 Å². The monoisotopic (exact) mass is 1020 g/mol. The summed E-state index contributed by atoms with van der Waals surface area (Å²) in [5, 5.41) is 12.5. The van der Waals surface area contributed by atoms with Gasteiger partial charge in [0.25, 0.3) is 11.8 Å². The van der Waals surface area contributed by atoms with E-state index >= 15 is 0 Å². The third-order valence-corrected chi connectivity index (χ3v) is 10.6. The van der Waals surface area contributed by atoms with E-state index < -0.39 is 103 Å². The van der Waals surface area contributed by atoms with Crippen LogP contribution in [0.15, 0.2) is 101 Å². The Morgan fingerprint density at radius 3 is 2.22 bits per heavy atom. The molecule has 1 unspecified atom stereocenters. The van der Waals surface area contributed by atoms with Crippen LogP contribution in [0.2, 0.25) is 0 Å². The quantitative estimate of drug-likeness (QED) is 0.0353. The minimum absolute atomic E-state index is 0.0444. The number of amides is 2. The van der Waals surface area contributed by atoms with Gasteiger partial charge in [0.2, 0.25) is 6.79 Å². The molecule has 19 nitrogen and oxygen atoms in total. The molecule has 0 aliphatic carbocycles. The number of halogens is 3. The number of hydrogen-bond donors (Lipinski definition) is 2. The lowest BCUT2D eigenvalue weighted by Crippen LogP contribution is -2.47. The van der Waals surface area contributed by atoms with Gasteiger partial charge in [0.15, 0.2) is 35.1 Å². The number of carbonyl (C=O) groups is 6. The van der Waals surface area contributed by atoms with Crippen LogP contribution < -0.4 is 20.1 Å². The summed E-state index contributed by atoms with van der Waals surface area (Å²) in [7, 11) is 4.12. The molecule has 4 aromatic rings. The Balaban J connectivity index is 0.000000345. The van der Waals surface area contributed by atoms with Gasteiger partial charge in [0, 0.05) is 30.4 Å². The Hall–Kier alpha value is -8.04. The van der Waals surface area contributed by atoms with Crippen molar-refractivity contribution in [3.8, 4) is 11.5 Å². The molecular weight excluding hydrogens is 964 g/mol. The van der Waals surface area contributed by atoms with Crippen LogP contribution in [0, 0.1) is 17.8 Å². The number of pyridine rings is 1. The van der Waals surface area contributed by atoms with Gasteiger partial charge in [-0.2, -0.15) is 13.2 Å². The van der Waals surface area contributed by atoms with E-state index in [9.17, 15) is 41.9 Å². The topological polar surface area (TPSA) is 238 Å². The number of hydrogen-bond acceptors (Lipinski definition) is 17. The minimum atomic E-state index is -4.44. The maximum atomic E-state index is 13.4. The van der Waals surface area contributed by atoms with Crippen molar-refractivity contribution < 1.29 is 80.0 Å². The van der Waals surface area contributed by atoms with Crippen molar-refractivity contribution >= 4 is 47.6 Å². The fourth-order valence-corrected chi connectivity index (χ4v) is 6.64. The lowest BCUT2D eigenvalue weighted by Gasteiger charge is -2.29. The summed E-state index contributed by atoms with van der Waals surface area (Å²) >= 11 is 0. The van der Waals surface area contributed by atoms with E-state index in [0.29, 0.717) is 16.7 Å².